The Morgan fingerprint density at radius 2 is 1.27 bits per heavy atom. The Labute approximate surface area is 447 Å². The second kappa shape index (κ2) is 21.3. The van der Waals surface area contributed by atoms with Crippen molar-refractivity contribution in [2.45, 2.75) is 94.0 Å². The number of amides is 1. The molecule has 0 saturated carbocycles. The molecule has 1 aromatic heterocycles. The van der Waals surface area contributed by atoms with Crippen LogP contribution in [0, 0.1) is 35.4 Å². The minimum absolute atomic E-state index is 0.127. The molecule has 3 aliphatic rings. The van der Waals surface area contributed by atoms with Crippen molar-refractivity contribution < 1.29 is 47.9 Å². The van der Waals surface area contributed by atoms with Crippen molar-refractivity contribution in [2.75, 3.05) is 24.7 Å². The molecule has 1 amide bonds. The zero-order valence-electron chi connectivity index (χ0n) is 43.4. The van der Waals surface area contributed by atoms with E-state index < -0.39 is 64.3 Å². The van der Waals surface area contributed by atoms with E-state index in [0.29, 0.717) is 41.0 Å². The first-order valence-corrected chi connectivity index (χ1v) is 25.6. The summed E-state index contributed by atoms with van der Waals surface area (Å²) in [7, 11) is 0. The van der Waals surface area contributed by atoms with Gasteiger partial charge in [-0.2, -0.15) is 0 Å². The number of carbonyl (C=O) groups is 2. The Morgan fingerprint density at radius 1 is 0.727 bits per heavy atom. The minimum atomic E-state index is -1.95. The maximum Gasteiger partial charge on any atom is 0.303 e. The van der Waals surface area contributed by atoms with E-state index in [1.165, 1.54) is 19.1 Å². The molecule has 0 bridgehead atoms. The summed E-state index contributed by atoms with van der Waals surface area (Å²) in [6, 6.07) is 50.7. The van der Waals surface area contributed by atoms with Gasteiger partial charge in [0.2, 0.25) is 11.7 Å². The fraction of sp³-hybridized carbons (Fsp3) is 0.302. The van der Waals surface area contributed by atoms with Gasteiger partial charge in [0.15, 0.2) is 17.2 Å². The van der Waals surface area contributed by atoms with Crippen LogP contribution < -0.4 is 4.90 Å². The summed E-state index contributed by atoms with van der Waals surface area (Å²) in [5, 5.41) is 28.7. The molecular formula is C63H59FN4O9. The smallest absolute Gasteiger partial charge is 0.303 e. The molecule has 14 heteroatoms. The van der Waals surface area contributed by atoms with Crippen LogP contribution in [0.4, 0.5) is 10.1 Å². The summed E-state index contributed by atoms with van der Waals surface area (Å²) in [5.74, 6) is 9.08. The lowest BCUT2D eigenvalue weighted by molar-refractivity contribution is -0.385. The van der Waals surface area contributed by atoms with Crippen molar-refractivity contribution >= 4 is 17.6 Å². The fourth-order valence-electron chi connectivity index (χ4n) is 10.5. The van der Waals surface area contributed by atoms with Crippen LogP contribution in [0.25, 0.3) is 0 Å². The van der Waals surface area contributed by atoms with Gasteiger partial charge < -0.3 is 38.8 Å². The highest BCUT2D eigenvalue weighted by atomic mass is 19.1. The second-order valence-electron chi connectivity index (χ2n) is 20.7. The van der Waals surface area contributed by atoms with E-state index in [2.05, 4.69) is 65.1 Å². The maximum absolute atomic E-state index is 14.4. The standard InChI is InChI=1S/C63H59FN4O9/c1-43(69)76-54(46-28-30-51(64)31-29-46)35-34-53-56(47-26-21-45(22-27-47)37-38-61(71)39-75-60(4,5)77-58(61)62(72)40-73-59(2,3)74-41-62)68(57(53)70)52-32-23-44(24-33-52)25-36-55-65-42-67(66-55)63(48-15-9-6-10-16-48,49-17-11-7-12-18-49)50-19-13-8-14-20-50/h6-24,26-33,42,53-54,56,58,71-72H,34-35,39-41H2,1-5H3/t53-,54+,56-,58?,61?/m1/s1. The third kappa shape index (κ3) is 11.0. The summed E-state index contributed by atoms with van der Waals surface area (Å²) < 4.78 is 45.1. The molecule has 0 spiro atoms. The van der Waals surface area contributed by atoms with Crippen molar-refractivity contribution in [3.05, 3.63) is 221 Å². The number of nitrogens with zero attached hydrogens (tertiary/aromatic N) is 4. The third-order valence-corrected chi connectivity index (χ3v) is 14.4. The van der Waals surface area contributed by atoms with Gasteiger partial charge in [0.25, 0.3) is 0 Å². The lowest BCUT2D eigenvalue weighted by atomic mass is 9.77. The van der Waals surface area contributed by atoms with Gasteiger partial charge in [-0.05, 0) is 123 Å². The predicted octanol–water partition coefficient (Wildman–Crippen LogP) is 9.19. The number of carbonyl (C=O) groups excluding carboxylic acids is 2. The number of hydrogen-bond donors (Lipinski definition) is 2. The van der Waals surface area contributed by atoms with Crippen molar-refractivity contribution in [3.63, 3.8) is 0 Å². The SMILES string of the molecule is CC(=O)O[C@@H](CC[C@H]1C(=O)N(c2ccc(C#Cc3ncn(C(c4ccccc4)(c4ccccc4)c4ccccc4)n3)cc2)[C@@H]1c1ccc(C#CC2(O)COC(C)(C)OC2C2(O)COC(C)(C)OC2)cc1)c1ccc(F)cc1. The minimum Gasteiger partial charge on any atom is -0.458 e. The summed E-state index contributed by atoms with van der Waals surface area (Å²) in [6.45, 7) is 7.61. The molecule has 10 rings (SSSR count). The predicted molar refractivity (Wildman–Crippen MR) is 285 cm³/mol. The van der Waals surface area contributed by atoms with Crippen LogP contribution in [-0.4, -0.2) is 85.6 Å². The van der Waals surface area contributed by atoms with Gasteiger partial charge in [-0.25, -0.2) is 14.1 Å². The molecule has 3 fully saturated rings. The summed E-state index contributed by atoms with van der Waals surface area (Å²) >= 11 is 0. The number of β-lactam (4-membered cyclic amide) rings is 1. The quantitative estimate of drug-likeness (QED) is 0.0521. The van der Waals surface area contributed by atoms with Gasteiger partial charge in [0.05, 0.1) is 31.8 Å². The zero-order valence-corrected chi connectivity index (χ0v) is 43.4. The molecule has 3 aliphatic heterocycles. The lowest BCUT2D eigenvalue weighted by Crippen LogP contribution is -2.70. The van der Waals surface area contributed by atoms with Gasteiger partial charge in [-0.3, -0.25) is 9.59 Å². The van der Waals surface area contributed by atoms with Crippen LogP contribution in [0.3, 0.4) is 0 Å². The molecule has 3 saturated heterocycles. The fourth-order valence-corrected chi connectivity index (χ4v) is 10.5. The number of anilines is 1. The molecule has 2 N–H and O–H groups in total. The van der Waals surface area contributed by atoms with Crippen molar-refractivity contribution in [3.8, 4) is 23.7 Å². The number of halogens is 1. The van der Waals surface area contributed by atoms with E-state index in [9.17, 15) is 24.2 Å². The Kier molecular flexibility index (Phi) is 14.6. The van der Waals surface area contributed by atoms with Crippen LogP contribution in [0.2, 0.25) is 0 Å². The number of hydrogen-bond acceptors (Lipinski definition) is 11. The van der Waals surface area contributed by atoms with Gasteiger partial charge in [-0.15, -0.1) is 5.10 Å². The molecule has 392 valence electrons. The van der Waals surface area contributed by atoms with Crippen LogP contribution in [0.1, 0.15) is 104 Å². The first-order chi connectivity index (χ1) is 37.0. The average molecular weight is 1040 g/mol. The van der Waals surface area contributed by atoms with Gasteiger partial charge in [0.1, 0.15) is 35.5 Å². The van der Waals surface area contributed by atoms with Gasteiger partial charge in [0, 0.05) is 23.7 Å². The number of aromatic nitrogens is 3. The molecule has 2 unspecified atom stereocenters. The monoisotopic (exact) mass is 1030 g/mol. The maximum atomic E-state index is 14.4. The Hall–Kier alpha value is -7.79. The summed E-state index contributed by atoms with van der Waals surface area (Å²) in [4.78, 5) is 33.1. The molecule has 77 heavy (non-hydrogen) atoms. The lowest BCUT2D eigenvalue weighted by Gasteiger charge is -2.52. The highest BCUT2D eigenvalue weighted by Gasteiger charge is 2.58. The van der Waals surface area contributed by atoms with Gasteiger partial charge in [-0.1, -0.05) is 133 Å². The van der Waals surface area contributed by atoms with Crippen LogP contribution in [0.15, 0.2) is 170 Å². The van der Waals surface area contributed by atoms with Gasteiger partial charge >= 0.3 is 5.97 Å². The molecule has 6 aromatic carbocycles. The number of ether oxygens (including phenoxy) is 5. The van der Waals surface area contributed by atoms with Crippen LogP contribution in [0.5, 0.6) is 0 Å². The molecule has 13 nitrogen and oxygen atoms in total. The van der Waals surface area contributed by atoms with E-state index in [-0.39, 0.29) is 25.7 Å². The Balaban J connectivity index is 0.928. The number of esters is 1. The van der Waals surface area contributed by atoms with Crippen molar-refractivity contribution in [1.29, 1.82) is 0 Å². The van der Waals surface area contributed by atoms with Crippen LogP contribution in [-0.2, 0) is 38.8 Å². The van der Waals surface area contributed by atoms with Crippen molar-refractivity contribution in [1.82, 2.24) is 14.8 Å². The van der Waals surface area contributed by atoms with E-state index in [1.54, 1.807) is 63.2 Å². The highest BCUT2D eigenvalue weighted by Crippen LogP contribution is 2.47. The third-order valence-electron chi connectivity index (χ3n) is 14.4. The topological polar surface area (TPSA) is 155 Å². The molecule has 0 aliphatic carbocycles. The molecular weight excluding hydrogens is 976 g/mol. The van der Waals surface area contributed by atoms with Crippen LogP contribution >= 0.6 is 0 Å². The van der Waals surface area contributed by atoms with Crippen molar-refractivity contribution in [2.24, 2.45) is 5.92 Å². The number of benzene rings is 6. The number of aliphatic hydroxyl groups is 2. The molecule has 4 heterocycles. The average Bonchev–Trinajstić information content (AvgIpc) is 3.96. The largest absolute Gasteiger partial charge is 0.458 e. The summed E-state index contributed by atoms with van der Waals surface area (Å²) in [6.07, 6.45) is 0.410. The van der Waals surface area contributed by atoms with E-state index in [4.69, 9.17) is 28.8 Å². The first-order valence-electron chi connectivity index (χ1n) is 25.6. The summed E-state index contributed by atoms with van der Waals surface area (Å²) in [5.41, 5.74) is 1.78. The first kappa shape index (κ1) is 52.6. The molecule has 5 atom stereocenters. The van der Waals surface area contributed by atoms with E-state index in [1.807, 2.05) is 95.7 Å². The zero-order chi connectivity index (χ0) is 54.0. The van der Waals surface area contributed by atoms with E-state index >= 15 is 0 Å². The molecule has 0 radical (unpaired) electrons. The normalized spacial score (nSPS) is 21.8. The molecule has 7 aromatic rings. The number of rotatable bonds is 12. The highest BCUT2D eigenvalue weighted by molar-refractivity contribution is 6.03. The Morgan fingerprint density at radius 3 is 1.84 bits per heavy atom. The second-order valence-corrected chi connectivity index (χ2v) is 20.7. The Bertz CT molecular complexity index is 3240. The van der Waals surface area contributed by atoms with E-state index in [0.717, 1.165) is 22.3 Å².